The Morgan fingerprint density at radius 2 is 1.89 bits per heavy atom. The zero-order valence-electron chi connectivity index (χ0n) is 9.75. The van der Waals surface area contributed by atoms with Gasteiger partial charge < -0.3 is 15.3 Å². The fraction of sp³-hybridized carbons (Fsp3) is 0.0833. The summed E-state index contributed by atoms with van der Waals surface area (Å²) in [6.07, 6.45) is 0. The molecule has 0 unspecified atom stereocenters. The number of phenolic OH excluding ortho intramolecular Hbond substituents is 1. The van der Waals surface area contributed by atoms with E-state index in [1.165, 1.54) is 6.07 Å². The molecule has 0 aliphatic heterocycles. The van der Waals surface area contributed by atoms with Crippen LogP contribution in [0, 0.1) is 6.92 Å². The largest absolute Gasteiger partial charge is 0.507 e. The van der Waals surface area contributed by atoms with Gasteiger partial charge in [-0.25, -0.2) is 14.6 Å². The number of benzene rings is 1. The predicted octanol–water partition coefficient (Wildman–Crippen LogP) is 2.22. The highest BCUT2D eigenvalue weighted by atomic mass is 32.1. The van der Waals surface area contributed by atoms with E-state index >= 15 is 0 Å². The van der Waals surface area contributed by atoms with E-state index in [0.29, 0.717) is 5.56 Å². The predicted molar refractivity (Wildman–Crippen MR) is 67.9 cm³/mol. The minimum absolute atomic E-state index is 0.0757. The van der Waals surface area contributed by atoms with Crippen molar-refractivity contribution in [3.05, 3.63) is 34.3 Å². The van der Waals surface area contributed by atoms with Crippen molar-refractivity contribution >= 4 is 23.3 Å². The molecule has 2 rings (SSSR count). The molecule has 2 aromatic rings. The van der Waals surface area contributed by atoms with Crippen LogP contribution in [0.2, 0.25) is 0 Å². The van der Waals surface area contributed by atoms with Gasteiger partial charge in [0.15, 0.2) is 5.69 Å². The molecule has 1 heterocycles. The fourth-order valence-corrected chi connectivity index (χ4v) is 2.47. The number of hydrogen-bond acceptors (Lipinski definition) is 5. The summed E-state index contributed by atoms with van der Waals surface area (Å²) in [6.45, 7) is 1.80. The Morgan fingerprint density at radius 1 is 1.21 bits per heavy atom. The molecule has 0 saturated carbocycles. The molecule has 0 spiro atoms. The summed E-state index contributed by atoms with van der Waals surface area (Å²) in [6, 6.07) is 4.75. The second-order valence-electron chi connectivity index (χ2n) is 3.83. The highest BCUT2D eigenvalue weighted by Gasteiger charge is 2.24. The summed E-state index contributed by atoms with van der Waals surface area (Å²) in [5, 5.41) is 27.8. The van der Waals surface area contributed by atoms with Crippen LogP contribution >= 0.6 is 11.3 Å². The third-order valence-electron chi connectivity index (χ3n) is 2.41. The molecule has 0 bridgehead atoms. The molecular formula is C12H9NO5S. The van der Waals surface area contributed by atoms with Crippen LogP contribution in [0.15, 0.2) is 18.2 Å². The summed E-state index contributed by atoms with van der Waals surface area (Å²) in [5.41, 5.74) is 0.644. The van der Waals surface area contributed by atoms with Gasteiger partial charge in [-0.15, -0.1) is 11.3 Å². The molecule has 19 heavy (non-hydrogen) atoms. The number of aromatic carboxylic acids is 2. The second-order valence-corrected chi connectivity index (χ2v) is 4.83. The van der Waals surface area contributed by atoms with Crippen LogP contribution in [0.4, 0.5) is 0 Å². The van der Waals surface area contributed by atoms with E-state index in [1.54, 1.807) is 19.1 Å². The monoisotopic (exact) mass is 279 g/mol. The van der Waals surface area contributed by atoms with E-state index in [0.717, 1.165) is 16.9 Å². The lowest BCUT2D eigenvalue weighted by Gasteiger charge is -2.01. The summed E-state index contributed by atoms with van der Waals surface area (Å²) in [4.78, 5) is 25.3. The Balaban J connectivity index is 2.64. The number of thiazole rings is 1. The minimum atomic E-state index is -1.41. The quantitative estimate of drug-likeness (QED) is 0.795. The first-order valence-electron chi connectivity index (χ1n) is 5.17. The van der Waals surface area contributed by atoms with E-state index in [4.69, 9.17) is 10.2 Å². The average molecular weight is 279 g/mol. The Labute approximate surface area is 111 Å². The van der Waals surface area contributed by atoms with Gasteiger partial charge in [0.2, 0.25) is 0 Å². The standard InChI is InChI=1S/C12H9NO5S/c1-5-2-3-7(14)6(4-5)10-13-8(11(15)16)9(19-10)12(17)18/h2-4,14H,1H3,(H,15,16)(H,17,18). The minimum Gasteiger partial charge on any atom is -0.507 e. The molecule has 3 N–H and O–H groups in total. The number of aryl methyl sites for hydroxylation is 1. The normalized spacial score (nSPS) is 10.4. The Hall–Kier alpha value is -2.41. The van der Waals surface area contributed by atoms with Crippen LogP contribution in [0.5, 0.6) is 5.75 Å². The van der Waals surface area contributed by atoms with Gasteiger partial charge in [0.05, 0.1) is 5.56 Å². The first kappa shape index (κ1) is 13.0. The lowest BCUT2D eigenvalue weighted by atomic mass is 10.1. The first-order valence-corrected chi connectivity index (χ1v) is 5.99. The van der Waals surface area contributed by atoms with Gasteiger partial charge in [0, 0.05) is 0 Å². The van der Waals surface area contributed by atoms with Crippen LogP contribution in [0.3, 0.4) is 0 Å². The first-order chi connectivity index (χ1) is 8.90. The maximum atomic E-state index is 11.0. The van der Waals surface area contributed by atoms with Crippen molar-refractivity contribution in [1.29, 1.82) is 0 Å². The molecule has 0 aliphatic carbocycles. The van der Waals surface area contributed by atoms with E-state index in [2.05, 4.69) is 4.98 Å². The number of carbonyl (C=O) groups is 2. The third kappa shape index (κ3) is 2.41. The number of carboxylic acids is 2. The van der Waals surface area contributed by atoms with Crippen molar-refractivity contribution < 1.29 is 24.9 Å². The molecule has 0 radical (unpaired) electrons. The van der Waals surface area contributed by atoms with E-state index in [-0.39, 0.29) is 15.6 Å². The van der Waals surface area contributed by atoms with Crippen LogP contribution in [-0.4, -0.2) is 32.2 Å². The van der Waals surface area contributed by atoms with Crippen molar-refractivity contribution in [1.82, 2.24) is 4.98 Å². The van der Waals surface area contributed by atoms with Gasteiger partial charge in [-0.2, -0.15) is 0 Å². The molecule has 1 aromatic carbocycles. The second kappa shape index (κ2) is 4.69. The Morgan fingerprint density at radius 3 is 2.42 bits per heavy atom. The molecule has 0 amide bonds. The lowest BCUT2D eigenvalue weighted by molar-refractivity contribution is 0.0651. The van der Waals surface area contributed by atoms with E-state index in [9.17, 15) is 14.7 Å². The highest BCUT2D eigenvalue weighted by Crippen LogP contribution is 2.34. The van der Waals surface area contributed by atoms with Crippen LogP contribution < -0.4 is 0 Å². The molecule has 0 fully saturated rings. The van der Waals surface area contributed by atoms with Crippen LogP contribution in [0.25, 0.3) is 10.6 Å². The van der Waals surface area contributed by atoms with Crippen molar-refractivity contribution in [3.8, 4) is 16.3 Å². The third-order valence-corrected chi connectivity index (χ3v) is 3.48. The molecule has 1 aromatic heterocycles. The average Bonchev–Trinajstić information content (AvgIpc) is 2.77. The Bertz CT molecular complexity index is 645. The zero-order chi connectivity index (χ0) is 14.2. The van der Waals surface area contributed by atoms with Crippen molar-refractivity contribution in [2.24, 2.45) is 0 Å². The SMILES string of the molecule is Cc1ccc(O)c(-c2nc(C(=O)O)c(C(=O)O)s2)c1. The maximum absolute atomic E-state index is 11.0. The van der Waals surface area contributed by atoms with Crippen molar-refractivity contribution in [3.63, 3.8) is 0 Å². The molecule has 0 atom stereocenters. The zero-order valence-corrected chi connectivity index (χ0v) is 10.6. The number of aromatic nitrogens is 1. The number of rotatable bonds is 3. The van der Waals surface area contributed by atoms with Crippen molar-refractivity contribution in [2.45, 2.75) is 6.92 Å². The van der Waals surface area contributed by atoms with Gasteiger partial charge in [0.25, 0.3) is 0 Å². The molecule has 0 saturated heterocycles. The number of carboxylic acid groups (broad SMARTS) is 2. The maximum Gasteiger partial charge on any atom is 0.356 e. The van der Waals surface area contributed by atoms with Crippen LogP contribution in [-0.2, 0) is 0 Å². The summed E-state index contributed by atoms with van der Waals surface area (Å²) >= 11 is 0.720. The number of nitrogens with zero attached hydrogens (tertiary/aromatic N) is 1. The molecular weight excluding hydrogens is 270 g/mol. The van der Waals surface area contributed by atoms with Gasteiger partial charge in [0.1, 0.15) is 15.6 Å². The van der Waals surface area contributed by atoms with E-state index in [1.807, 2.05) is 0 Å². The van der Waals surface area contributed by atoms with Gasteiger partial charge in [-0.1, -0.05) is 11.6 Å². The molecule has 98 valence electrons. The molecule has 0 aliphatic rings. The lowest BCUT2D eigenvalue weighted by Crippen LogP contribution is -2.05. The van der Waals surface area contributed by atoms with Crippen LogP contribution in [0.1, 0.15) is 25.7 Å². The summed E-state index contributed by atoms with van der Waals surface area (Å²) in [7, 11) is 0. The topological polar surface area (TPSA) is 108 Å². The Kier molecular flexibility index (Phi) is 3.22. The smallest absolute Gasteiger partial charge is 0.356 e. The summed E-state index contributed by atoms with van der Waals surface area (Å²) < 4.78 is 0. The van der Waals surface area contributed by atoms with Gasteiger partial charge >= 0.3 is 11.9 Å². The fourth-order valence-electron chi connectivity index (χ4n) is 1.55. The number of phenols is 1. The molecule has 6 nitrogen and oxygen atoms in total. The molecule has 7 heteroatoms. The van der Waals surface area contributed by atoms with Gasteiger partial charge in [-0.05, 0) is 19.1 Å². The number of hydrogen-bond donors (Lipinski definition) is 3. The van der Waals surface area contributed by atoms with E-state index < -0.39 is 17.6 Å². The number of aromatic hydroxyl groups is 1. The van der Waals surface area contributed by atoms with Gasteiger partial charge in [-0.3, -0.25) is 0 Å². The summed E-state index contributed by atoms with van der Waals surface area (Å²) in [5.74, 6) is -2.84. The van der Waals surface area contributed by atoms with Crippen molar-refractivity contribution in [2.75, 3.05) is 0 Å². The highest BCUT2D eigenvalue weighted by molar-refractivity contribution is 7.17.